The highest BCUT2D eigenvalue weighted by molar-refractivity contribution is 5.78. The Morgan fingerprint density at radius 3 is 2.85 bits per heavy atom. The lowest BCUT2D eigenvalue weighted by Crippen LogP contribution is -2.34. The van der Waals surface area contributed by atoms with Crippen LogP contribution in [0.2, 0.25) is 0 Å². The molecule has 1 aromatic heterocycles. The van der Waals surface area contributed by atoms with Gasteiger partial charge in [0.15, 0.2) is 0 Å². The van der Waals surface area contributed by atoms with E-state index in [2.05, 4.69) is 32.9 Å². The molecule has 2 nitrogen and oxygen atoms in total. The van der Waals surface area contributed by atoms with E-state index in [1.807, 2.05) is 12.1 Å². The SMILES string of the molecule is Cc1ccc2oc(C3(O)CCCC(C(C)C)C3)cc2c1. The van der Waals surface area contributed by atoms with Gasteiger partial charge >= 0.3 is 0 Å². The molecule has 0 amide bonds. The quantitative estimate of drug-likeness (QED) is 0.854. The lowest BCUT2D eigenvalue weighted by molar-refractivity contribution is -0.0450. The lowest BCUT2D eigenvalue weighted by Gasteiger charge is -2.37. The summed E-state index contributed by atoms with van der Waals surface area (Å²) in [6.45, 7) is 6.58. The van der Waals surface area contributed by atoms with Gasteiger partial charge in [-0.3, -0.25) is 0 Å². The van der Waals surface area contributed by atoms with Crippen molar-refractivity contribution in [2.45, 2.75) is 52.1 Å². The molecule has 1 aromatic carbocycles. The van der Waals surface area contributed by atoms with Crippen LogP contribution in [0.5, 0.6) is 0 Å². The van der Waals surface area contributed by atoms with Gasteiger partial charge in [-0.25, -0.2) is 0 Å². The van der Waals surface area contributed by atoms with Crippen LogP contribution in [0.25, 0.3) is 11.0 Å². The zero-order valence-electron chi connectivity index (χ0n) is 12.6. The maximum Gasteiger partial charge on any atom is 0.136 e. The van der Waals surface area contributed by atoms with E-state index < -0.39 is 5.60 Å². The van der Waals surface area contributed by atoms with E-state index in [-0.39, 0.29) is 0 Å². The van der Waals surface area contributed by atoms with Crippen molar-refractivity contribution in [2.75, 3.05) is 0 Å². The van der Waals surface area contributed by atoms with E-state index in [0.29, 0.717) is 11.8 Å². The first kappa shape index (κ1) is 13.7. The van der Waals surface area contributed by atoms with Crippen LogP contribution in [0.15, 0.2) is 28.7 Å². The molecule has 1 aliphatic rings. The molecule has 20 heavy (non-hydrogen) atoms. The van der Waals surface area contributed by atoms with Crippen LogP contribution in [0.1, 0.15) is 50.9 Å². The van der Waals surface area contributed by atoms with Crippen LogP contribution in [0, 0.1) is 18.8 Å². The Labute approximate surface area is 120 Å². The molecule has 2 atom stereocenters. The molecule has 1 saturated carbocycles. The molecule has 1 fully saturated rings. The van der Waals surface area contributed by atoms with E-state index >= 15 is 0 Å². The van der Waals surface area contributed by atoms with E-state index in [1.165, 1.54) is 12.0 Å². The van der Waals surface area contributed by atoms with E-state index in [0.717, 1.165) is 36.0 Å². The number of benzene rings is 1. The number of hydrogen-bond acceptors (Lipinski definition) is 2. The maximum atomic E-state index is 11.0. The Kier molecular flexibility index (Phi) is 3.37. The Balaban J connectivity index is 1.96. The summed E-state index contributed by atoms with van der Waals surface area (Å²) >= 11 is 0. The summed E-state index contributed by atoms with van der Waals surface area (Å²) in [5.74, 6) is 1.96. The molecule has 108 valence electrons. The molecule has 2 heteroatoms. The predicted molar refractivity (Wildman–Crippen MR) is 81.6 cm³/mol. The predicted octanol–water partition coefficient (Wildman–Crippen LogP) is 4.78. The average molecular weight is 272 g/mol. The Hall–Kier alpha value is -1.28. The Morgan fingerprint density at radius 2 is 2.10 bits per heavy atom. The first-order valence-electron chi connectivity index (χ1n) is 7.71. The number of hydrogen-bond donors (Lipinski definition) is 1. The highest BCUT2D eigenvalue weighted by atomic mass is 16.4. The Morgan fingerprint density at radius 1 is 1.30 bits per heavy atom. The second kappa shape index (κ2) is 4.92. The minimum atomic E-state index is -0.778. The fourth-order valence-corrected chi connectivity index (χ4v) is 3.48. The van der Waals surface area contributed by atoms with Gasteiger partial charge in [0.25, 0.3) is 0 Å². The fourth-order valence-electron chi connectivity index (χ4n) is 3.48. The number of rotatable bonds is 2. The van der Waals surface area contributed by atoms with Crippen molar-refractivity contribution in [2.24, 2.45) is 11.8 Å². The standard InChI is InChI=1S/C18H24O2/c1-12(2)14-5-4-8-18(19,11-14)17-10-15-9-13(3)6-7-16(15)20-17/h6-7,9-10,12,14,19H,4-5,8,11H2,1-3H3. The molecule has 0 radical (unpaired) electrons. The molecule has 0 bridgehead atoms. The molecular formula is C18H24O2. The number of furan rings is 1. The summed E-state index contributed by atoms with van der Waals surface area (Å²) in [4.78, 5) is 0. The van der Waals surface area contributed by atoms with Crippen LogP contribution in [0.4, 0.5) is 0 Å². The highest BCUT2D eigenvalue weighted by Gasteiger charge is 2.39. The van der Waals surface area contributed by atoms with Gasteiger partial charge in [0.2, 0.25) is 0 Å². The fraction of sp³-hybridized carbons (Fsp3) is 0.556. The smallest absolute Gasteiger partial charge is 0.136 e. The molecule has 0 aliphatic heterocycles. The normalized spacial score (nSPS) is 27.4. The largest absolute Gasteiger partial charge is 0.458 e. The molecular weight excluding hydrogens is 248 g/mol. The zero-order chi connectivity index (χ0) is 14.3. The van der Waals surface area contributed by atoms with Gasteiger partial charge < -0.3 is 9.52 Å². The summed E-state index contributed by atoms with van der Waals surface area (Å²) < 4.78 is 5.94. The van der Waals surface area contributed by atoms with Gasteiger partial charge in [-0.1, -0.05) is 25.5 Å². The van der Waals surface area contributed by atoms with Crippen LogP contribution in [0.3, 0.4) is 0 Å². The van der Waals surface area contributed by atoms with Crippen molar-refractivity contribution in [3.8, 4) is 0 Å². The topological polar surface area (TPSA) is 33.4 Å². The van der Waals surface area contributed by atoms with Gasteiger partial charge in [0.05, 0.1) is 0 Å². The first-order chi connectivity index (χ1) is 9.48. The highest BCUT2D eigenvalue weighted by Crippen LogP contribution is 2.43. The third-order valence-electron chi connectivity index (χ3n) is 4.84. The molecule has 0 spiro atoms. The van der Waals surface area contributed by atoms with Crippen molar-refractivity contribution in [3.05, 3.63) is 35.6 Å². The monoisotopic (exact) mass is 272 g/mol. The molecule has 1 aliphatic carbocycles. The average Bonchev–Trinajstić information content (AvgIpc) is 2.82. The number of aliphatic hydroxyl groups is 1. The molecule has 2 aromatic rings. The second-order valence-electron chi connectivity index (χ2n) is 6.78. The maximum absolute atomic E-state index is 11.0. The molecule has 1 N–H and O–H groups in total. The van der Waals surface area contributed by atoms with Crippen LogP contribution < -0.4 is 0 Å². The van der Waals surface area contributed by atoms with Crippen molar-refractivity contribution in [3.63, 3.8) is 0 Å². The number of fused-ring (bicyclic) bond motifs is 1. The molecule has 0 saturated heterocycles. The van der Waals surface area contributed by atoms with Crippen LogP contribution >= 0.6 is 0 Å². The minimum Gasteiger partial charge on any atom is -0.458 e. The summed E-state index contributed by atoms with van der Waals surface area (Å²) in [7, 11) is 0. The zero-order valence-corrected chi connectivity index (χ0v) is 12.6. The molecule has 1 heterocycles. The van der Waals surface area contributed by atoms with Crippen molar-refractivity contribution in [1.29, 1.82) is 0 Å². The van der Waals surface area contributed by atoms with Crippen LogP contribution in [-0.2, 0) is 5.60 Å². The molecule has 3 rings (SSSR count). The lowest BCUT2D eigenvalue weighted by atomic mass is 9.72. The van der Waals surface area contributed by atoms with E-state index in [4.69, 9.17) is 4.42 Å². The molecule has 2 unspecified atom stereocenters. The summed E-state index contributed by atoms with van der Waals surface area (Å²) in [6.07, 6.45) is 3.94. The second-order valence-corrected chi connectivity index (χ2v) is 6.78. The first-order valence-corrected chi connectivity index (χ1v) is 7.71. The van der Waals surface area contributed by atoms with Crippen LogP contribution in [-0.4, -0.2) is 5.11 Å². The number of aryl methyl sites for hydroxylation is 1. The van der Waals surface area contributed by atoms with Gasteiger partial charge in [0.1, 0.15) is 16.9 Å². The van der Waals surface area contributed by atoms with Gasteiger partial charge in [0, 0.05) is 5.39 Å². The minimum absolute atomic E-state index is 0.587. The Bertz CT molecular complexity index is 611. The summed E-state index contributed by atoms with van der Waals surface area (Å²) in [5.41, 5.74) is 1.33. The van der Waals surface area contributed by atoms with E-state index in [1.54, 1.807) is 0 Å². The van der Waals surface area contributed by atoms with Crippen molar-refractivity contribution >= 4 is 11.0 Å². The van der Waals surface area contributed by atoms with Gasteiger partial charge in [-0.05, 0) is 62.6 Å². The van der Waals surface area contributed by atoms with Crippen molar-refractivity contribution < 1.29 is 9.52 Å². The van der Waals surface area contributed by atoms with Gasteiger partial charge in [-0.15, -0.1) is 0 Å². The third-order valence-corrected chi connectivity index (χ3v) is 4.84. The summed E-state index contributed by atoms with van der Waals surface area (Å²) in [5, 5.41) is 12.1. The van der Waals surface area contributed by atoms with Gasteiger partial charge in [-0.2, -0.15) is 0 Å². The summed E-state index contributed by atoms with van der Waals surface area (Å²) in [6, 6.07) is 8.21. The van der Waals surface area contributed by atoms with E-state index in [9.17, 15) is 5.11 Å². The third kappa shape index (κ3) is 2.37. The van der Waals surface area contributed by atoms with Crippen molar-refractivity contribution in [1.82, 2.24) is 0 Å².